The lowest BCUT2D eigenvalue weighted by Crippen LogP contribution is -2.10. The van der Waals surface area contributed by atoms with Gasteiger partial charge in [0.1, 0.15) is 5.76 Å². The van der Waals surface area contributed by atoms with Crippen molar-refractivity contribution in [3.8, 4) is 11.1 Å². The fraction of sp³-hybridized carbons (Fsp3) is 0.100. The van der Waals surface area contributed by atoms with E-state index in [-0.39, 0.29) is 5.78 Å². The molecule has 3 heteroatoms. The van der Waals surface area contributed by atoms with Gasteiger partial charge in [-0.3, -0.25) is 4.79 Å². The molecule has 0 aliphatic carbocycles. The van der Waals surface area contributed by atoms with E-state index in [0.717, 1.165) is 22.6 Å². The molecule has 0 amide bonds. The highest BCUT2D eigenvalue weighted by Gasteiger charge is 2.15. The highest BCUT2D eigenvalue weighted by Crippen LogP contribution is 2.36. The Labute approximate surface area is 195 Å². The first-order chi connectivity index (χ1) is 16.1. The molecule has 164 valence electrons. The second kappa shape index (κ2) is 10.0. The Morgan fingerprint density at radius 1 is 0.606 bits per heavy atom. The number of allylic oxidation sites excluding steroid dienone is 2. The first-order valence-corrected chi connectivity index (χ1v) is 11.0. The zero-order valence-corrected chi connectivity index (χ0v) is 19.2. The van der Waals surface area contributed by atoms with Crippen LogP contribution in [0.4, 0.5) is 17.1 Å². The molecule has 0 aliphatic rings. The maximum absolute atomic E-state index is 12.2. The van der Waals surface area contributed by atoms with Gasteiger partial charge in [0.05, 0.1) is 12.7 Å². The number of nitrogens with zero attached hydrogens (tertiary/aromatic N) is 1. The molecule has 33 heavy (non-hydrogen) atoms. The highest BCUT2D eigenvalue weighted by atomic mass is 16.5. The largest absolute Gasteiger partial charge is 0.501 e. The number of Topliss-reactive ketones (excluding diaryl/α,β-unsaturated/α-hetero) is 1. The Morgan fingerprint density at radius 3 is 1.58 bits per heavy atom. The van der Waals surface area contributed by atoms with Crippen molar-refractivity contribution in [2.75, 3.05) is 12.0 Å². The number of ether oxygens (including phenoxy) is 1. The van der Waals surface area contributed by atoms with Crippen LogP contribution in [0.3, 0.4) is 0 Å². The normalized spacial score (nSPS) is 11.5. The zero-order chi connectivity index (χ0) is 23.2. The maximum Gasteiger partial charge on any atom is 0.163 e. The van der Waals surface area contributed by atoms with Gasteiger partial charge in [-0.2, -0.15) is 0 Å². The van der Waals surface area contributed by atoms with E-state index < -0.39 is 0 Å². The number of hydrogen-bond acceptors (Lipinski definition) is 3. The van der Waals surface area contributed by atoms with Crippen molar-refractivity contribution in [2.45, 2.75) is 13.8 Å². The summed E-state index contributed by atoms with van der Waals surface area (Å²) in [6, 6.07) is 37.2. The molecule has 0 aliphatic heterocycles. The molecule has 4 aromatic carbocycles. The van der Waals surface area contributed by atoms with Crippen molar-refractivity contribution in [1.29, 1.82) is 0 Å². The molecule has 0 N–H and O–H groups in total. The van der Waals surface area contributed by atoms with Crippen molar-refractivity contribution < 1.29 is 9.53 Å². The van der Waals surface area contributed by atoms with Gasteiger partial charge in [-0.25, -0.2) is 0 Å². The smallest absolute Gasteiger partial charge is 0.163 e. The van der Waals surface area contributed by atoms with Crippen molar-refractivity contribution >= 4 is 28.4 Å². The van der Waals surface area contributed by atoms with Crippen LogP contribution in [0.1, 0.15) is 19.4 Å². The Kier molecular flexibility index (Phi) is 6.70. The lowest BCUT2D eigenvalue weighted by molar-refractivity contribution is -0.111. The summed E-state index contributed by atoms with van der Waals surface area (Å²) in [6.45, 7) is 3.38. The predicted molar refractivity (Wildman–Crippen MR) is 137 cm³/mol. The molecule has 3 nitrogen and oxygen atoms in total. The second-order valence-electron chi connectivity index (χ2n) is 7.82. The van der Waals surface area contributed by atoms with Crippen LogP contribution in [0.25, 0.3) is 16.7 Å². The number of rotatable bonds is 7. The van der Waals surface area contributed by atoms with E-state index in [1.807, 2.05) is 55.5 Å². The Bertz CT molecular complexity index is 1240. The van der Waals surface area contributed by atoms with Crippen LogP contribution in [-0.4, -0.2) is 12.9 Å². The van der Waals surface area contributed by atoms with Crippen molar-refractivity contribution in [3.05, 3.63) is 121 Å². The fourth-order valence-corrected chi connectivity index (χ4v) is 3.99. The maximum atomic E-state index is 12.2. The van der Waals surface area contributed by atoms with Gasteiger partial charge in [0.25, 0.3) is 0 Å². The number of para-hydroxylation sites is 1. The summed E-state index contributed by atoms with van der Waals surface area (Å²) >= 11 is 0. The van der Waals surface area contributed by atoms with Crippen LogP contribution in [0.5, 0.6) is 0 Å². The first kappa shape index (κ1) is 22.1. The molecular weight excluding hydrogens is 406 g/mol. The van der Waals surface area contributed by atoms with Crippen LogP contribution >= 0.6 is 0 Å². The number of hydrogen-bond donors (Lipinski definition) is 0. The number of carbonyl (C=O) groups is 1. The summed E-state index contributed by atoms with van der Waals surface area (Å²) in [5, 5.41) is 0. The van der Waals surface area contributed by atoms with Crippen molar-refractivity contribution in [1.82, 2.24) is 0 Å². The number of methoxy groups -OCH3 is 1. The summed E-state index contributed by atoms with van der Waals surface area (Å²) < 4.78 is 5.34. The molecule has 0 aromatic heterocycles. The second-order valence-corrected chi connectivity index (χ2v) is 7.82. The molecule has 0 bridgehead atoms. The van der Waals surface area contributed by atoms with E-state index in [1.165, 1.54) is 11.1 Å². The molecule has 4 aromatic rings. The van der Waals surface area contributed by atoms with Crippen LogP contribution in [-0.2, 0) is 9.53 Å². The number of anilines is 3. The quantitative estimate of drug-likeness (QED) is 0.220. The lowest BCUT2D eigenvalue weighted by atomic mass is 10.0. The minimum absolute atomic E-state index is 0.0153. The minimum atomic E-state index is -0.0153. The Balaban J connectivity index is 1.74. The number of carbonyl (C=O) groups excluding carboxylic acids is 1. The summed E-state index contributed by atoms with van der Waals surface area (Å²) in [5.74, 6) is 0.602. The van der Waals surface area contributed by atoms with Gasteiger partial charge in [-0.05, 0) is 66.9 Å². The third kappa shape index (κ3) is 4.88. The topological polar surface area (TPSA) is 29.5 Å². The van der Waals surface area contributed by atoms with Crippen LogP contribution < -0.4 is 4.90 Å². The molecule has 0 saturated heterocycles. The van der Waals surface area contributed by atoms with E-state index in [0.29, 0.717) is 11.3 Å². The minimum Gasteiger partial charge on any atom is -0.501 e. The summed E-state index contributed by atoms with van der Waals surface area (Å²) in [4.78, 5) is 14.4. The molecule has 0 spiro atoms. The van der Waals surface area contributed by atoms with E-state index in [9.17, 15) is 4.79 Å². The van der Waals surface area contributed by atoms with Crippen LogP contribution in [0.2, 0.25) is 0 Å². The standard InChI is InChI=1S/C30H27NO2/c1-22(32)30(23(2)33-3)26-16-20-29(21-17-26)31(27-12-8-5-9-13-27)28-18-14-25(15-19-28)24-10-6-4-7-11-24/h4-21H,1-3H3/b30-23+. The third-order valence-corrected chi connectivity index (χ3v) is 5.67. The molecule has 0 radical (unpaired) electrons. The average molecular weight is 434 g/mol. The van der Waals surface area contributed by atoms with Gasteiger partial charge in [-0.1, -0.05) is 72.8 Å². The van der Waals surface area contributed by atoms with Gasteiger partial charge in [0.15, 0.2) is 5.78 Å². The Hall–Kier alpha value is -4.11. The van der Waals surface area contributed by atoms with Crippen molar-refractivity contribution in [2.24, 2.45) is 0 Å². The molecule has 4 rings (SSSR count). The van der Waals surface area contributed by atoms with E-state index in [1.54, 1.807) is 14.0 Å². The molecule has 0 atom stereocenters. The van der Waals surface area contributed by atoms with Crippen molar-refractivity contribution in [3.63, 3.8) is 0 Å². The molecule has 0 heterocycles. The monoisotopic (exact) mass is 433 g/mol. The zero-order valence-electron chi connectivity index (χ0n) is 19.2. The SMILES string of the molecule is CO/C(C)=C(\C(C)=O)c1ccc(N(c2ccccc2)c2ccc(-c3ccccc3)cc2)cc1. The summed E-state index contributed by atoms with van der Waals surface area (Å²) in [5.41, 5.74) is 6.94. The molecule has 0 unspecified atom stereocenters. The molecule has 0 saturated carbocycles. The summed E-state index contributed by atoms with van der Waals surface area (Å²) in [7, 11) is 1.59. The van der Waals surface area contributed by atoms with E-state index >= 15 is 0 Å². The van der Waals surface area contributed by atoms with Crippen LogP contribution in [0, 0.1) is 0 Å². The highest BCUT2D eigenvalue weighted by molar-refractivity contribution is 6.20. The number of ketones is 1. The van der Waals surface area contributed by atoms with Gasteiger partial charge in [0, 0.05) is 17.1 Å². The molecule has 0 fully saturated rings. The van der Waals surface area contributed by atoms with Crippen LogP contribution in [0.15, 0.2) is 115 Å². The third-order valence-electron chi connectivity index (χ3n) is 5.67. The van der Waals surface area contributed by atoms with Gasteiger partial charge in [0.2, 0.25) is 0 Å². The van der Waals surface area contributed by atoms with Gasteiger partial charge < -0.3 is 9.64 Å². The van der Waals surface area contributed by atoms with E-state index in [2.05, 4.69) is 65.6 Å². The summed E-state index contributed by atoms with van der Waals surface area (Å²) in [6.07, 6.45) is 0. The van der Waals surface area contributed by atoms with Gasteiger partial charge in [-0.15, -0.1) is 0 Å². The molecular formula is C30H27NO2. The first-order valence-electron chi connectivity index (χ1n) is 11.0. The average Bonchev–Trinajstić information content (AvgIpc) is 2.86. The fourth-order valence-electron chi connectivity index (χ4n) is 3.99. The number of benzene rings is 4. The van der Waals surface area contributed by atoms with E-state index in [4.69, 9.17) is 4.74 Å². The lowest BCUT2D eigenvalue weighted by Gasteiger charge is -2.26. The van der Waals surface area contributed by atoms with Gasteiger partial charge >= 0.3 is 0 Å². The predicted octanol–water partition coefficient (Wildman–Crippen LogP) is 7.79. The Morgan fingerprint density at radius 2 is 1.06 bits per heavy atom.